The first-order chi connectivity index (χ1) is 12.0. The van der Waals surface area contributed by atoms with Crippen molar-refractivity contribution in [3.63, 3.8) is 0 Å². The molecule has 132 valence electrons. The molecule has 6 nitrogen and oxygen atoms in total. The third-order valence-electron chi connectivity index (χ3n) is 4.70. The summed E-state index contributed by atoms with van der Waals surface area (Å²) in [6, 6.07) is 11.0. The van der Waals surface area contributed by atoms with Crippen molar-refractivity contribution in [2.24, 2.45) is 5.92 Å². The largest absolute Gasteiger partial charge is 0.497 e. The van der Waals surface area contributed by atoms with Crippen molar-refractivity contribution >= 4 is 22.6 Å². The van der Waals surface area contributed by atoms with Crippen LogP contribution in [-0.4, -0.2) is 49.3 Å². The number of amides is 1. The fraction of sp³-hybridized carbons (Fsp3) is 0.368. The molecule has 2 aromatic carbocycles. The van der Waals surface area contributed by atoms with Crippen LogP contribution >= 0.6 is 0 Å². The molecule has 0 spiro atoms. The van der Waals surface area contributed by atoms with E-state index in [4.69, 9.17) is 9.47 Å². The molecule has 1 heterocycles. The number of fused-ring (bicyclic) bond motifs is 1. The standard InChI is InChI=1S/C19H21NO5/c1-24-8-7-20-17(21)11-16(19(22)23)18(20)14-4-3-13-10-15(25-2)6-5-12(13)9-14/h3-6,9-10,16,18H,7-8,11H2,1-2H3,(H,22,23)/t16-,18+/m0/s1. The lowest BCUT2D eigenvalue weighted by Crippen LogP contribution is -2.33. The Morgan fingerprint density at radius 3 is 2.60 bits per heavy atom. The number of carboxylic acids is 1. The lowest BCUT2D eigenvalue weighted by Gasteiger charge is -2.27. The van der Waals surface area contributed by atoms with Gasteiger partial charge in [-0.05, 0) is 34.5 Å². The van der Waals surface area contributed by atoms with Gasteiger partial charge in [0.15, 0.2) is 0 Å². The van der Waals surface area contributed by atoms with Crippen molar-refractivity contribution in [2.45, 2.75) is 12.5 Å². The van der Waals surface area contributed by atoms with Crippen LogP contribution in [0.5, 0.6) is 5.75 Å². The average Bonchev–Trinajstić information content (AvgIpc) is 2.95. The van der Waals surface area contributed by atoms with E-state index in [9.17, 15) is 14.7 Å². The molecule has 1 aliphatic rings. The van der Waals surface area contributed by atoms with E-state index in [1.165, 1.54) is 0 Å². The molecule has 1 aliphatic heterocycles. The lowest BCUT2D eigenvalue weighted by molar-refractivity contribution is -0.142. The number of ether oxygens (including phenoxy) is 2. The highest BCUT2D eigenvalue weighted by Gasteiger charge is 2.44. The van der Waals surface area contributed by atoms with Gasteiger partial charge in [0.25, 0.3) is 0 Å². The van der Waals surface area contributed by atoms with Crippen molar-refractivity contribution in [3.05, 3.63) is 42.0 Å². The molecule has 0 aromatic heterocycles. The van der Waals surface area contributed by atoms with Crippen molar-refractivity contribution in [1.82, 2.24) is 4.90 Å². The van der Waals surface area contributed by atoms with Gasteiger partial charge in [-0.25, -0.2) is 0 Å². The Bertz CT molecular complexity index is 804. The first kappa shape index (κ1) is 17.2. The van der Waals surface area contributed by atoms with Crippen LogP contribution in [0.4, 0.5) is 0 Å². The first-order valence-electron chi connectivity index (χ1n) is 8.14. The number of nitrogens with zero attached hydrogens (tertiary/aromatic N) is 1. The summed E-state index contributed by atoms with van der Waals surface area (Å²) in [6.07, 6.45) is 0.0182. The minimum absolute atomic E-state index is 0.0182. The highest BCUT2D eigenvalue weighted by molar-refractivity contribution is 5.89. The summed E-state index contributed by atoms with van der Waals surface area (Å²) < 4.78 is 10.3. The van der Waals surface area contributed by atoms with Crippen LogP contribution in [0, 0.1) is 5.92 Å². The van der Waals surface area contributed by atoms with Gasteiger partial charge in [-0.1, -0.05) is 18.2 Å². The van der Waals surface area contributed by atoms with Gasteiger partial charge in [-0.3, -0.25) is 9.59 Å². The van der Waals surface area contributed by atoms with Gasteiger partial charge in [0.2, 0.25) is 5.91 Å². The number of benzene rings is 2. The fourth-order valence-corrected chi connectivity index (χ4v) is 3.43. The summed E-state index contributed by atoms with van der Waals surface area (Å²) in [6.45, 7) is 0.754. The minimum atomic E-state index is -0.951. The molecule has 0 unspecified atom stereocenters. The monoisotopic (exact) mass is 343 g/mol. The molecule has 1 N–H and O–H groups in total. The summed E-state index contributed by atoms with van der Waals surface area (Å²) in [7, 11) is 3.18. The van der Waals surface area contributed by atoms with Gasteiger partial charge in [0.1, 0.15) is 5.75 Å². The van der Waals surface area contributed by atoms with Crippen molar-refractivity contribution in [2.75, 3.05) is 27.4 Å². The number of likely N-dealkylation sites (tertiary alicyclic amines) is 1. The van der Waals surface area contributed by atoms with E-state index in [0.717, 1.165) is 22.1 Å². The van der Waals surface area contributed by atoms with Crippen molar-refractivity contribution in [1.29, 1.82) is 0 Å². The molecule has 2 aromatic rings. The summed E-state index contributed by atoms with van der Waals surface area (Å²) in [5.41, 5.74) is 0.826. The molecule has 2 atom stereocenters. The van der Waals surface area contributed by atoms with Gasteiger partial charge in [0.05, 0.1) is 25.7 Å². The Morgan fingerprint density at radius 1 is 1.20 bits per heavy atom. The normalized spacial score (nSPS) is 20.2. The molecule has 1 fully saturated rings. The molecule has 0 aliphatic carbocycles. The molecular weight excluding hydrogens is 322 g/mol. The van der Waals surface area contributed by atoms with Crippen LogP contribution in [0.15, 0.2) is 36.4 Å². The molecule has 0 saturated carbocycles. The molecule has 1 amide bonds. The number of hydrogen-bond donors (Lipinski definition) is 1. The smallest absolute Gasteiger partial charge is 0.309 e. The molecule has 0 radical (unpaired) electrons. The summed E-state index contributed by atoms with van der Waals surface area (Å²) in [5.74, 6) is -1.08. The summed E-state index contributed by atoms with van der Waals surface area (Å²) in [5, 5.41) is 11.5. The third-order valence-corrected chi connectivity index (χ3v) is 4.70. The number of hydrogen-bond acceptors (Lipinski definition) is 4. The van der Waals surface area contributed by atoms with Crippen molar-refractivity contribution < 1.29 is 24.2 Å². The van der Waals surface area contributed by atoms with Crippen LogP contribution in [0.3, 0.4) is 0 Å². The summed E-state index contributed by atoms with van der Waals surface area (Å²) >= 11 is 0. The Labute approximate surface area is 145 Å². The number of carbonyl (C=O) groups excluding carboxylic acids is 1. The predicted molar refractivity (Wildman–Crippen MR) is 92.6 cm³/mol. The van der Waals surface area contributed by atoms with Crippen LogP contribution in [0.25, 0.3) is 10.8 Å². The van der Waals surface area contributed by atoms with Crippen LogP contribution < -0.4 is 4.74 Å². The Kier molecular flexibility index (Phi) is 4.90. The zero-order valence-electron chi connectivity index (χ0n) is 14.3. The molecule has 0 bridgehead atoms. The fourth-order valence-electron chi connectivity index (χ4n) is 3.43. The molecular formula is C19H21NO5. The van der Waals surface area contributed by atoms with E-state index < -0.39 is 17.9 Å². The van der Waals surface area contributed by atoms with Gasteiger partial charge in [-0.2, -0.15) is 0 Å². The minimum Gasteiger partial charge on any atom is -0.497 e. The van der Waals surface area contributed by atoms with Gasteiger partial charge in [0, 0.05) is 20.1 Å². The molecule has 25 heavy (non-hydrogen) atoms. The zero-order chi connectivity index (χ0) is 18.0. The van der Waals surface area contributed by atoms with Gasteiger partial charge < -0.3 is 19.5 Å². The van der Waals surface area contributed by atoms with Crippen LogP contribution in [0.2, 0.25) is 0 Å². The average molecular weight is 343 g/mol. The quantitative estimate of drug-likeness (QED) is 0.872. The second-order valence-corrected chi connectivity index (χ2v) is 6.15. The number of methoxy groups -OCH3 is 2. The number of carbonyl (C=O) groups is 2. The SMILES string of the molecule is COCCN1C(=O)C[C@H](C(=O)O)[C@H]1c1ccc2cc(OC)ccc2c1. The number of rotatable bonds is 6. The molecule has 6 heteroatoms. The van der Waals surface area contributed by atoms with Crippen LogP contribution in [0.1, 0.15) is 18.0 Å². The van der Waals surface area contributed by atoms with E-state index in [-0.39, 0.29) is 12.3 Å². The second-order valence-electron chi connectivity index (χ2n) is 6.15. The van der Waals surface area contributed by atoms with E-state index >= 15 is 0 Å². The predicted octanol–water partition coefficient (Wildman–Crippen LogP) is 2.47. The maximum absolute atomic E-state index is 12.3. The van der Waals surface area contributed by atoms with E-state index in [2.05, 4.69) is 0 Å². The highest BCUT2D eigenvalue weighted by Crippen LogP contribution is 2.39. The highest BCUT2D eigenvalue weighted by atomic mass is 16.5. The van der Waals surface area contributed by atoms with Crippen molar-refractivity contribution in [3.8, 4) is 5.75 Å². The second kappa shape index (κ2) is 7.11. The maximum atomic E-state index is 12.3. The Balaban J connectivity index is 2.01. The number of carboxylic acid groups (broad SMARTS) is 1. The first-order valence-corrected chi connectivity index (χ1v) is 8.14. The molecule has 1 saturated heterocycles. The third kappa shape index (κ3) is 3.30. The van der Waals surface area contributed by atoms with E-state index in [0.29, 0.717) is 13.2 Å². The zero-order valence-corrected chi connectivity index (χ0v) is 14.3. The maximum Gasteiger partial charge on any atom is 0.309 e. The number of aliphatic carboxylic acids is 1. The lowest BCUT2D eigenvalue weighted by atomic mass is 9.92. The van der Waals surface area contributed by atoms with E-state index in [1.807, 2.05) is 36.4 Å². The van der Waals surface area contributed by atoms with Gasteiger partial charge >= 0.3 is 5.97 Å². The molecule has 3 rings (SSSR count). The Morgan fingerprint density at radius 2 is 1.92 bits per heavy atom. The van der Waals surface area contributed by atoms with E-state index in [1.54, 1.807) is 19.1 Å². The van der Waals surface area contributed by atoms with Crippen LogP contribution in [-0.2, 0) is 14.3 Å². The van der Waals surface area contributed by atoms with Gasteiger partial charge in [-0.15, -0.1) is 0 Å². The topological polar surface area (TPSA) is 76.1 Å². The Hall–Kier alpha value is -2.60. The summed E-state index contributed by atoms with van der Waals surface area (Å²) in [4.78, 5) is 25.6.